The zero-order valence-electron chi connectivity index (χ0n) is 13.4. The molecule has 23 heavy (non-hydrogen) atoms. The molecule has 0 spiro atoms. The molecular weight excluding hydrogens is 317 g/mol. The van der Waals surface area contributed by atoms with E-state index >= 15 is 0 Å². The lowest BCUT2D eigenvalue weighted by Crippen LogP contribution is -2.55. The minimum atomic E-state index is -0.389. The van der Waals surface area contributed by atoms with E-state index in [1.807, 2.05) is 0 Å². The Labute approximate surface area is 142 Å². The highest BCUT2D eigenvalue weighted by molar-refractivity contribution is 6.31. The Bertz CT molecular complexity index is 539. The highest BCUT2D eigenvalue weighted by Crippen LogP contribution is 2.33. The minimum absolute atomic E-state index is 0.0871. The van der Waals surface area contributed by atoms with Gasteiger partial charge in [0.1, 0.15) is 5.82 Å². The van der Waals surface area contributed by atoms with Crippen LogP contribution in [0.5, 0.6) is 0 Å². The zero-order chi connectivity index (χ0) is 16.3. The van der Waals surface area contributed by atoms with E-state index in [-0.39, 0.29) is 22.4 Å². The number of ether oxygens (including phenoxy) is 1. The molecule has 2 unspecified atom stereocenters. The van der Waals surface area contributed by atoms with Crippen LogP contribution in [0.3, 0.4) is 0 Å². The molecule has 1 aromatic rings. The average molecular weight is 342 g/mol. The van der Waals surface area contributed by atoms with E-state index in [1.54, 1.807) is 12.1 Å². The lowest BCUT2D eigenvalue weighted by molar-refractivity contribution is 0.0252. The number of anilines is 1. The van der Waals surface area contributed by atoms with Crippen molar-refractivity contribution in [3.05, 3.63) is 29.0 Å². The number of hydrogen-bond acceptors (Lipinski definition) is 4. The number of nitrogens with one attached hydrogen (secondary N) is 1. The predicted molar refractivity (Wildman–Crippen MR) is 91.5 cm³/mol. The van der Waals surface area contributed by atoms with E-state index in [0.717, 1.165) is 64.2 Å². The Morgan fingerprint density at radius 3 is 2.87 bits per heavy atom. The second kappa shape index (κ2) is 7.34. The first-order valence-electron chi connectivity index (χ1n) is 8.35. The van der Waals surface area contributed by atoms with Crippen LogP contribution in [0.2, 0.25) is 5.02 Å². The maximum Gasteiger partial charge on any atom is 0.141 e. The molecular formula is C17H25ClFN3O. The Balaban J connectivity index is 1.77. The van der Waals surface area contributed by atoms with Gasteiger partial charge in [-0.2, -0.15) is 0 Å². The summed E-state index contributed by atoms with van der Waals surface area (Å²) in [6, 6.07) is 5.03. The van der Waals surface area contributed by atoms with Crippen molar-refractivity contribution in [1.82, 2.24) is 4.90 Å². The summed E-state index contributed by atoms with van der Waals surface area (Å²) < 4.78 is 18.8. The Kier molecular flexibility index (Phi) is 5.42. The van der Waals surface area contributed by atoms with E-state index in [4.69, 9.17) is 22.1 Å². The number of nitrogens with zero attached hydrogens (tertiary/aromatic N) is 1. The first-order valence-corrected chi connectivity index (χ1v) is 8.73. The van der Waals surface area contributed by atoms with E-state index in [2.05, 4.69) is 10.2 Å². The molecule has 1 saturated heterocycles. The Morgan fingerprint density at radius 1 is 1.39 bits per heavy atom. The minimum Gasteiger partial charge on any atom is -0.379 e. The van der Waals surface area contributed by atoms with Crippen molar-refractivity contribution in [2.45, 2.75) is 37.3 Å². The molecule has 128 valence electrons. The van der Waals surface area contributed by atoms with E-state index in [9.17, 15) is 4.39 Å². The smallest absolute Gasteiger partial charge is 0.141 e. The normalized spacial score (nSPS) is 29.4. The molecule has 3 rings (SSSR count). The summed E-state index contributed by atoms with van der Waals surface area (Å²) in [7, 11) is 0. The SMILES string of the molecule is NC1CCCC(CN2CCOCC2)(Nc2ccc(F)c(Cl)c2)C1. The lowest BCUT2D eigenvalue weighted by atomic mass is 9.78. The first-order chi connectivity index (χ1) is 11.1. The lowest BCUT2D eigenvalue weighted by Gasteiger charge is -2.45. The van der Waals surface area contributed by atoms with Crippen LogP contribution in [0.4, 0.5) is 10.1 Å². The molecule has 4 nitrogen and oxygen atoms in total. The monoisotopic (exact) mass is 341 g/mol. The highest BCUT2D eigenvalue weighted by Gasteiger charge is 2.37. The van der Waals surface area contributed by atoms with Gasteiger partial charge >= 0.3 is 0 Å². The molecule has 2 fully saturated rings. The third-order valence-electron chi connectivity index (χ3n) is 4.84. The molecule has 0 radical (unpaired) electrons. The summed E-state index contributed by atoms with van der Waals surface area (Å²) in [5, 5.41) is 3.78. The van der Waals surface area contributed by atoms with Gasteiger partial charge in [-0.1, -0.05) is 11.6 Å². The van der Waals surface area contributed by atoms with Crippen LogP contribution in [0, 0.1) is 5.82 Å². The van der Waals surface area contributed by atoms with Crippen LogP contribution >= 0.6 is 11.6 Å². The summed E-state index contributed by atoms with van der Waals surface area (Å²) in [5.41, 5.74) is 7.03. The largest absolute Gasteiger partial charge is 0.379 e. The summed E-state index contributed by atoms with van der Waals surface area (Å²) >= 11 is 5.93. The molecule has 1 aliphatic heterocycles. The van der Waals surface area contributed by atoms with Crippen molar-refractivity contribution in [3.63, 3.8) is 0 Å². The molecule has 0 aromatic heterocycles. The number of halogens is 2. The third kappa shape index (κ3) is 4.35. The molecule has 1 heterocycles. The Hall–Kier alpha value is -0.880. The fourth-order valence-corrected chi connectivity index (χ4v) is 3.95. The van der Waals surface area contributed by atoms with Gasteiger partial charge in [-0.3, -0.25) is 4.90 Å². The van der Waals surface area contributed by atoms with Gasteiger partial charge in [-0.15, -0.1) is 0 Å². The maximum atomic E-state index is 13.4. The maximum absolute atomic E-state index is 13.4. The fraction of sp³-hybridized carbons (Fsp3) is 0.647. The van der Waals surface area contributed by atoms with Crippen LogP contribution < -0.4 is 11.1 Å². The fourth-order valence-electron chi connectivity index (χ4n) is 3.77. The molecule has 0 amide bonds. The zero-order valence-corrected chi connectivity index (χ0v) is 14.1. The number of morpholine rings is 1. The summed E-state index contributed by atoms with van der Waals surface area (Å²) in [6.07, 6.45) is 4.15. The number of rotatable bonds is 4. The van der Waals surface area contributed by atoms with Crippen LogP contribution in [0.1, 0.15) is 25.7 Å². The van der Waals surface area contributed by atoms with Gasteiger partial charge in [0.15, 0.2) is 0 Å². The predicted octanol–water partition coefficient (Wildman–Crippen LogP) is 2.86. The van der Waals surface area contributed by atoms with Crippen LogP contribution in [-0.2, 0) is 4.74 Å². The van der Waals surface area contributed by atoms with Crippen molar-refractivity contribution in [2.75, 3.05) is 38.2 Å². The van der Waals surface area contributed by atoms with Crippen molar-refractivity contribution < 1.29 is 9.13 Å². The molecule has 1 saturated carbocycles. The second-order valence-corrected chi connectivity index (χ2v) is 7.19. The van der Waals surface area contributed by atoms with Gasteiger partial charge < -0.3 is 15.8 Å². The molecule has 0 bridgehead atoms. The van der Waals surface area contributed by atoms with Crippen LogP contribution in [-0.4, -0.2) is 49.3 Å². The standard InChI is InChI=1S/C17H25ClFN3O/c18-15-10-14(3-4-16(15)19)21-17(5-1-2-13(20)11-17)12-22-6-8-23-9-7-22/h3-4,10,13,21H,1-2,5-9,11-12,20H2. The topological polar surface area (TPSA) is 50.5 Å². The van der Waals surface area contributed by atoms with Gasteiger partial charge in [0.25, 0.3) is 0 Å². The summed E-state index contributed by atoms with van der Waals surface area (Å²) in [6.45, 7) is 4.39. The average Bonchev–Trinajstić information content (AvgIpc) is 2.52. The molecule has 1 aromatic carbocycles. The van der Waals surface area contributed by atoms with E-state index in [0.29, 0.717) is 0 Å². The number of hydrogen-bond donors (Lipinski definition) is 2. The van der Waals surface area contributed by atoms with Crippen molar-refractivity contribution in [3.8, 4) is 0 Å². The molecule has 2 atom stereocenters. The third-order valence-corrected chi connectivity index (χ3v) is 5.13. The van der Waals surface area contributed by atoms with Gasteiger partial charge in [0, 0.05) is 31.4 Å². The van der Waals surface area contributed by atoms with Gasteiger partial charge in [0.05, 0.1) is 23.8 Å². The summed E-state index contributed by atoms with van der Waals surface area (Å²) in [4.78, 5) is 2.43. The molecule has 6 heteroatoms. The van der Waals surface area contributed by atoms with Crippen LogP contribution in [0.25, 0.3) is 0 Å². The van der Waals surface area contributed by atoms with Gasteiger partial charge in [-0.05, 0) is 43.9 Å². The number of nitrogens with two attached hydrogens (primary N) is 1. The number of benzene rings is 1. The molecule has 1 aliphatic carbocycles. The Morgan fingerprint density at radius 2 is 2.17 bits per heavy atom. The van der Waals surface area contributed by atoms with Crippen molar-refractivity contribution in [2.24, 2.45) is 5.73 Å². The quantitative estimate of drug-likeness (QED) is 0.884. The second-order valence-electron chi connectivity index (χ2n) is 6.78. The summed E-state index contributed by atoms with van der Waals surface area (Å²) in [5.74, 6) is -0.389. The van der Waals surface area contributed by atoms with E-state index < -0.39 is 0 Å². The molecule has 2 aliphatic rings. The molecule has 3 N–H and O–H groups in total. The van der Waals surface area contributed by atoms with Crippen molar-refractivity contribution >= 4 is 17.3 Å². The van der Waals surface area contributed by atoms with Gasteiger partial charge in [-0.25, -0.2) is 4.39 Å². The van der Waals surface area contributed by atoms with Crippen LogP contribution in [0.15, 0.2) is 18.2 Å². The van der Waals surface area contributed by atoms with E-state index in [1.165, 1.54) is 6.07 Å². The van der Waals surface area contributed by atoms with Crippen molar-refractivity contribution in [1.29, 1.82) is 0 Å². The highest BCUT2D eigenvalue weighted by atomic mass is 35.5. The first kappa shape index (κ1) is 17.0. The van der Waals surface area contributed by atoms with Gasteiger partial charge in [0.2, 0.25) is 0 Å².